The second-order valence-corrected chi connectivity index (χ2v) is 4.67. The van der Waals surface area contributed by atoms with Gasteiger partial charge >= 0.3 is 0 Å². The van der Waals surface area contributed by atoms with Crippen molar-refractivity contribution in [1.82, 2.24) is 0 Å². The fourth-order valence-electron chi connectivity index (χ4n) is 1.76. The van der Waals surface area contributed by atoms with Crippen LogP contribution >= 0.6 is 0 Å². The van der Waals surface area contributed by atoms with Crippen molar-refractivity contribution in [2.24, 2.45) is 0 Å². The van der Waals surface area contributed by atoms with Crippen molar-refractivity contribution in [2.75, 3.05) is 0 Å². The van der Waals surface area contributed by atoms with E-state index in [1.807, 2.05) is 43.3 Å². The lowest BCUT2D eigenvalue weighted by Crippen LogP contribution is -1.86. The molecule has 3 aromatic carbocycles. The molecule has 0 saturated heterocycles. The lowest BCUT2D eigenvalue weighted by Gasteiger charge is -2.09. The summed E-state index contributed by atoms with van der Waals surface area (Å²) in [5.74, 6) is 1.72. The van der Waals surface area contributed by atoms with E-state index >= 15 is 0 Å². The first-order chi connectivity index (χ1) is 10.7. The second kappa shape index (κ2) is 7.74. The van der Waals surface area contributed by atoms with Crippen LogP contribution in [-0.2, 0) is 0 Å². The van der Waals surface area contributed by atoms with Gasteiger partial charge in [-0.25, -0.2) is 0 Å². The van der Waals surface area contributed by atoms with Crippen LogP contribution in [0, 0.1) is 6.92 Å². The molecule has 0 aliphatic carbocycles. The SMILES string of the molecule is Cc1ccccc1Oc1ccccc1O.Oc1ccccc1. The average Bonchev–Trinajstić information content (AvgIpc) is 2.53. The van der Waals surface area contributed by atoms with Gasteiger partial charge in [-0.1, -0.05) is 48.5 Å². The molecule has 3 aromatic rings. The number of rotatable bonds is 2. The summed E-state index contributed by atoms with van der Waals surface area (Å²) in [6.45, 7) is 1.97. The smallest absolute Gasteiger partial charge is 0.169 e. The van der Waals surface area contributed by atoms with Gasteiger partial charge in [-0.2, -0.15) is 0 Å². The Bertz CT molecular complexity index is 665. The van der Waals surface area contributed by atoms with E-state index < -0.39 is 0 Å². The monoisotopic (exact) mass is 294 g/mol. The highest BCUT2D eigenvalue weighted by Gasteiger charge is 2.03. The molecule has 2 N–H and O–H groups in total. The van der Waals surface area contributed by atoms with Crippen molar-refractivity contribution in [1.29, 1.82) is 0 Å². The van der Waals surface area contributed by atoms with E-state index in [1.54, 1.807) is 42.5 Å². The second-order valence-electron chi connectivity index (χ2n) is 4.67. The highest BCUT2D eigenvalue weighted by Crippen LogP contribution is 2.31. The minimum absolute atomic E-state index is 0.153. The summed E-state index contributed by atoms with van der Waals surface area (Å²) < 4.78 is 5.59. The molecule has 0 atom stereocenters. The highest BCUT2D eigenvalue weighted by molar-refractivity contribution is 5.43. The molecule has 0 heterocycles. The Morgan fingerprint density at radius 1 is 0.636 bits per heavy atom. The Morgan fingerprint density at radius 2 is 1.18 bits per heavy atom. The van der Waals surface area contributed by atoms with E-state index in [9.17, 15) is 5.11 Å². The standard InChI is InChI=1S/C13H12O2.C6H6O/c1-10-6-2-4-8-12(10)15-13-9-5-3-7-11(13)14;7-6-4-2-1-3-5-6/h2-9,14H,1H3;1-5,7H. The number of phenolic OH excluding ortho intramolecular Hbond substituents is 2. The van der Waals surface area contributed by atoms with Gasteiger partial charge < -0.3 is 14.9 Å². The van der Waals surface area contributed by atoms with Gasteiger partial charge in [-0.05, 0) is 42.8 Å². The van der Waals surface area contributed by atoms with E-state index in [-0.39, 0.29) is 5.75 Å². The lowest BCUT2D eigenvalue weighted by molar-refractivity contribution is 0.410. The van der Waals surface area contributed by atoms with Gasteiger partial charge in [0.15, 0.2) is 11.5 Å². The molecule has 0 aromatic heterocycles. The predicted molar refractivity (Wildman–Crippen MR) is 87.5 cm³/mol. The maximum absolute atomic E-state index is 9.54. The molecule has 0 spiro atoms. The first-order valence-corrected chi connectivity index (χ1v) is 6.92. The van der Waals surface area contributed by atoms with E-state index in [2.05, 4.69) is 0 Å². The van der Waals surface area contributed by atoms with Gasteiger partial charge in [0, 0.05) is 0 Å². The zero-order chi connectivity index (χ0) is 15.8. The molecule has 0 bridgehead atoms. The van der Waals surface area contributed by atoms with Crippen molar-refractivity contribution in [3.8, 4) is 23.0 Å². The molecule has 0 unspecified atom stereocenters. The van der Waals surface area contributed by atoms with Crippen molar-refractivity contribution in [2.45, 2.75) is 6.92 Å². The third kappa shape index (κ3) is 4.56. The van der Waals surface area contributed by atoms with Crippen LogP contribution in [0.4, 0.5) is 0 Å². The van der Waals surface area contributed by atoms with Crippen LogP contribution in [0.15, 0.2) is 78.9 Å². The molecular weight excluding hydrogens is 276 g/mol. The summed E-state index contributed by atoms with van der Waals surface area (Å²) in [5, 5.41) is 18.2. The Balaban J connectivity index is 0.000000211. The van der Waals surface area contributed by atoms with Gasteiger partial charge in [0.25, 0.3) is 0 Å². The van der Waals surface area contributed by atoms with Crippen LogP contribution in [0.5, 0.6) is 23.0 Å². The van der Waals surface area contributed by atoms with E-state index in [1.165, 1.54) is 0 Å². The number of benzene rings is 3. The molecule has 3 heteroatoms. The number of aromatic hydroxyl groups is 2. The molecule has 3 nitrogen and oxygen atoms in total. The van der Waals surface area contributed by atoms with Crippen LogP contribution in [-0.4, -0.2) is 10.2 Å². The van der Waals surface area contributed by atoms with E-state index in [0.29, 0.717) is 11.5 Å². The van der Waals surface area contributed by atoms with Crippen LogP contribution in [0.25, 0.3) is 0 Å². The third-order valence-corrected chi connectivity index (χ3v) is 2.93. The minimum Gasteiger partial charge on any atom is -0.508 e. The number of phenols is 2. The Kier molecular flexibility index (Phi) is 5.44. The van der Waals surface area contributed by atoms with Crippen molar-refractivity contribution >= 4 is 0 Å². The number of para-hydroxylation sites is 4. The Morgan fingerprint density at radius 3 is 1.73 bits per heavy atom. The fourth-order valence-corrected chi connectivity index (χ4v) is 1.76. The number of aryl methyl sites for hydroxylation is 1. The molecule has 0 radical (unpaired) electrons. The van der Waals surface area contributed by atoms with Crippen LogP contribution in [0.3, 0.4) is 0 Å². The molecule has 0 aliphatic heterocycles. The summed E-state index contributed by atoms with van der Waals surface area (Å²) in [7, 11) is 0. The van der Waals surface area contributed by atoms with Crippen molar-refractivity contribution in [3.05, 3.63) is 84.4 Å². The van der Waals surface area contributed by atoms with Crippen LogP contribution < -0.4 is 4.74 Å². The van der Waals surface area contributed by atoms with Crippen LogP contribution in [0.1, 0.15) is 5.56 Å². The molecular formula is C19H18O3. The highest BCUT2D eigenvalue weighted by atomic mass is 16.5. The summed E-state index contributed by atoms with van der Waals surface area (Å²) >= 11 is 0. The quantitative estimate of drug-likeness (QED) is 0.708. The normalized spacial score (nSPS) is 9.50. The van der Waals surface area contributed by atoms with Gasteiger partial charge in [-0.15, -0.1) is 0 Å². The average molecular weight is 294 g/mol. The zero-order valence-corrected chi connectivity index (χ0v) is 12.3. The maximum atomic E-state index is 9.54. The first kappa shape index (κ1) is 15.4. The Labute approximate surface area is 130 Å². The van der Waals surface area contributed by atoms with Crippen LogP contribution in [0.2, 0.25) is 0 Å². The molecule has 22 heavy (non-hydrogen) atoms. The third-order valence-electron chi connectivity index (χ3n) is 2.93. The Hall–Kier alpha value is -2.94. The van der Waals surface area contributed by atoms with Gasteiger partial charge in [0.05, 0.1) is 0 Å². The van der Waals surface area contributed by atoms with Gasteiger partial charge in [-0.3, -0.25) is 0 Å². The zero-order valence-electron chi connectivity index (χ0n) is 12.3. The van der Waals surface area contributed by atoms with Gasteiger partial charge in [0.2, 0.25) is 0 Å². The maximum Gasteiger partial charge on any atom is 0.169 e. The summed E-state index contributed by atoms with van der Waals surface area (Å²) in [6.07, 6.45) is 0. The summed E-state index contributed by atoms with van der Waals surface area (Å²) in [5.41, 5.74) is 1.04. The first-order valence-electron chi connectivity index (χ1n) is 6.92. The fraction of sp³-hybridized carbons (Fsp3) is 0.0526. The number of hydrogen-bond donors (Lipinski definition) is 2. The molecule has 0 saturated carbocycles. The molecule has 0 fully saturated rings. The minimum atomic E-state index is 0.153. The summed E-state index contributed by atoms with van der Waals surface area (Å²) in [4.78, 5) is 0. The molecule has 0 amide bonds. The molecule has 0 aliphatic rings. The largest absolute Gasteiger partial charge is 0.508 e. The topological polar surface area (TPSA) is 49.7 Å². The lowest BCUT2D eigenvalue weighted by atomic mass is 10.2. The molecule has 3 rings (SSSR count). The predicted octanol–water partition coefficient (Wildman–Crippen LogP) is 4.89. The van der Waals surface area contributed by atoms with Crippen molar-refractivity contribution in [3.63, 3.8) is 0 Å². The number of ether oxygens (including phenoxy) is 1. The van der Waals surface area contributed by atoms with E-state index in [4.69, 9.17) is 9.84 Å². The number of hydrogen-bond acceptors (Lipinski definition) is 3. The van der Waals surface area contributed by atoms with E-state index in [0.717, 1.165) is 11.3 Å². The molecule has 112 valence electrons. The van der Waals surface area contributed by atoms with Gasteiger partial charge in [0.1, 0.15) is 11.5 Å². The van der Waals surface area contributed by atoms with Crippen molar-refractivity contribution < 1.29 is 14.9 Å². The summed E-state index contributed by atoms with van der Waals surface area (Å²) in [6, 6.07) is 23.3.